The number of aromatic nitrogens is 3. The third kappa shape index (κ3) is 2.60. The average molecular weight is 311 g/mol. The molecule has 1 N–H and O–H groups in total. The highest BCUT2D eigenvalue weighted by molar-refractivity contribution is 5.57. The topological polar surface area (TPSA) is 60.2 Å². The second-order valence-corrected chi connectivity index (χ2v) is 6.55. The van der Waals surface area contributed by atoms with Gasteiger partial charge in [-0.1, -0.05) is 47.7 Å². The zero-order chi connectivity index (χ0) is 15.7. The fourth-order valence-corrected chi connectivity index (χ4v) is 3.76. The first kappa shape index (κ1) is 14.6. The molecule has 1 fully saturated rings. The van der Waals surface area contributed by atoms with Crippen molar-refractivity contribution in [3.63, 3.8) is 0 Å². The van der Waals surface area contributed by atoms with Crippen molar-refractivity contribution in [2.45, 2.75) is 31.4 Å². The molecule has 1 aliphatic carbocycles. The molecular formula is C18H21N3O2. The van der Waals surface area contributed by atoms with E-state index in [4.69, 9.17) is 4.74 Å². The van der Waals surface area contributed by atoms with Gasteiger partial charge in [0.25, 0.3) is 0 Å². The molecule has 0 amide bonds. The van der Waals surface area contributed by atoms with Crippen LogP contribution in [0.3, 0.4) is 0 Å². The molecule has 0 saturated heterocycles. The summed E-state index contributed by atoms with van der Waals surface area (Å²) in [6.45, 7) is 1.25. The third-order valence-corrected chi connectivity index (χ3v) is 5.14. The summed E-state index contributed by atoms with van der Waals surface area (Å²) in [5.41, 5.74) is 1.70. The van der Waals surface area contributed by atoms with Crippen molar-refractivity contribution in [3.05, 3.63) is 48.7 Å². The van der Waals surface area contributed by atoms with E-state index in [1.165, 1.54) is 0 Å². The van der Waals surface area contributed by atoms with Gasteiger partial charge in [-0.15, -0.1) is 5.10 Å². The maximum Gasteiger partial charge on any atom is 0.113 e. The first-order chi connectivity index (χ1) is 11.3. The van der Waals surface area contributed by atoms with Gasteiger partial charge >= 0.3 is 0 Å². The van der Waals surface area contributed by atoms with Gasteiger partial charge < -0.3 is 9.84 Å². The van der Waals surface area contributed by atoms with Gasteiger partial charge in [0.2, 0.25) is 0 Å². The van der Waals surface area contributed by atoms with E-state index in [0.29, 0.717) is 13.2 Å². The lowest BCUT2D eigenvalue weighted by Gasteiger charge is -2.31. The van der Waals surface area contributed by atoms with Crippen LogP contribution in [0.15, 0.2) is 48.7 Å². The Bertz CT molecular complexity index is 697. The predicted molar refractivity (Wildman–Crippen MR) is 86.7 cm³/mol. The van der Waals surface area contributed by atoms with Crippen molar-refractivity contribution in [2.24, 2.45) is 5.41 Å². The fraction of sp³-hybridized carbons (Fsp3) is 0.444. The van der Waals surface area contributed by atoms with E-state index in [-0.39, 0.29) is 11.5 Å². The second-order valence-electron chi connectivity index (χ2n) is 6.55. The minimum atomic E-state index is -0.462. The van der Waals surface area contributed by atoms with Crippen LogP contribution in [0, 0.1) is 5.41 Å². The van der Waals surface area contributed by atoms with E-state index in [1.807, 2.05) is 47.3 Å². The molecule has 120 valence electrons. The zero-order valence-corrected chi connectivity index (χ0v) is 13.0. The number of hydrogen-bond acceptors (Lipinski definition) is 4. The van der Waals surface area contributed by atoms with Crippen molar-refractivity contribution in [1.29, 1.82) is 0 Å². The summed E-state index contributed by atoms with van der Waals surface area (Å²) in [5.74, 6) is 0. The van der Waals surface area contributed by atoms with Gasteiger partial charge in [-0.3, -0.25) is 0 Å². The van der Waals surface area contributed by atoms with Crippen LogP contribution in [-0.2, 0) is 4.74 Å². The van der Waals surface area contributed by atoms with Gasteiger partial charge in [-0.2, -0.15) is 0 Å². The summed E-state index contributed by atoms with van der Waals surface area (Å²) in [7, 11) is 0. The lowest BCUT2D eigenvalue weighted by Crippen LogP contribution is -2.37. The van der Waals surface area contributed by atoms with Crippen LogP contribution in [0.25, 0.3) is 11.3 Å². The van der Waals surface area contributed by atoms with Crippen molar-refractivity contribution < 1.29 is 9.84 Å². The standard InChI is InChI=1S/C18H21N3O2/c22-17-16(8-10-18(17)9-4-5-11-23-13-18)21-12-15(19-20-21)14-6-2-1-3-7-14/h1-7,12,16-17,22H,8-11,13H2/t16-,17+,18+/m1/s1. The Kier molecular flexibility index (Phi) is 3.75. The Morgan fingerprint density at radius 2 is 2.09 bits per heavy atom. The van der Waals surface area contributed by atoms with Crippen molar-refractivity contribution in [1.82, 2.24) is 15.0 Å². The van der Waals surface area contributed by atoms with E-state index >= 15 is 0 Å². The average Bonchev–Trinajstić information content (AvgIpc) is 3.09. The number of hydrogen-bond donors (Lipinski definition) is 1. The van der Waals surface area contributed by atoms with Gasteiger partial charge in [-0.05, 0) is 19.3 Å². The number of aliphatic hydroxyl groups is 1. The summed E-state index contributed by atoms with van der Waals surface area (Å²) in [6, 6.07) is 9.97. The van der Waals surface area contributed by atoms with Crippen LogP contribution in [0.4, 0.5) is 0 Å². The van der Waals surface area contributed by atoms with Crippen LogP contribution in [0.5, 0.6) is 0 Å². The number of benzene rings is 1. The molecule has 1 aromatic carbocycles. The smallest absolute Gasteiger partial charge is 0.113 e. The minimum Gasteiger partial charge on any atom is -0.390 e. The maximum atomic E-state index is 10.9. The predicted octanol–water partition coefficient (Wildman–Crippen LogP) is 2.60. The summed E-state index contributed by atoms with van der Waals surface area (Å²) >= 11 is 0. The molecule has 1 aliphatic heterocycles. The minimum absolute atomic E-state index is 0.0323. The normalized spacial score (nSPS) is 30.7. The summed E-state index contributed by atoms with van der Waals surface area (Å²) in [5, 5.41) is 19.5. The monoisotopic (exact) mass is 311 g/mol. The molecule has 23 heavy (non-hydrogen) atoms. The van der Waals surface area contributed by atoms with Gasteiger partial charge in [0, 0.05) is 11.0 Å². The number of aliphatic hydroxyl groups excluding tert-OH is 1. The maximum absolute atomic E-state index is 10.9. The molecule has 2 aliphatic rings. The molecule has 1 aromatic heterocycles. The molecule has 2 heterocycles. The first-order valence-corrected chi connectivity index (χ1v) is 8.17. The van der Waals surface area contributed by atoms with Crippen molar-refractivity contribution in [2.75, 3.05) is 13.2 Å². The lowest BCUT2D eigenvalue weighted by atomic mass is 9.81. The largest absolute Gasteiger partial charge is 0.390 e. The molecular weight excluding hydrogens is 290 g/mol. The number of allylic oxidation sites excluding steroid dienone is 1. The Morgan fingerprint density at radius 3 is 2.96 bits per heavy atom. The van der Waals surface area contributed by atoms with Crippen LogP contribution < -0.4 is 0 Å². The molecule has 1 spiro atoms. The lowest BCUT2D eigenvalue weighted by molar-refractivity contribution is -0.0285. The van der Waals surface area contributed by atoms with E-state index in [2.05, 4.69) is 16.4 Å². The Hall–Kier alpha value is -1.98. The highest BCUT2D eigenvalue weighted by Gasteiger charge is 2.48. The zero-order valence-electron chi connectivity index (χ0n) is 13.0. The van der Waals surface area contributed by atoms with Crippen LogP contribution >= 0.6 is 0 Å². The molecule has 5 nitrogen and oxygen atoms in total. The third-order valence-electron chi connectivity index (χ3n) is 5.14. The molecule has 2 aromatic rings. The summed E-state index contributed by atoms with van der Waals surface area (Å²) < 4.78 is 7.50. The number of nitrogens with zero attached hydrogens (tertiary/aromatic N) is 3. The molecule has 5 heteroatoms. The Morgan fingerprint density at radius 1 is 1.22 bits per heavy atom. The number of rotatable bonds is 2. The first-order valence-electron chi connectivity index (χ1n) is 8.17. The van der Waals surface area contributed by atoms with E-state index in [9.17, 15) is 5.11 Å². The van der Waals surface area contributed by atoms with Crippen LogP contribution in [0.1, 0.15) is 25.3 Å². The molecule has 1 saturated carbocycles. The summed E-state index contributed by atoms with van der Waals surface area (Å²) in [6.07, 6.45) is 8.36. The Balaban J connectivity index is 1.57. The van der Waals surface area contributed by atoms with Gasteiger partial charge in [0.15, 0.2) is 0 Å². The molecule has 0 unspecified atom stereocenters. The van der Waals surface area contributed by atoms with Crippen molar-refractivity contribution >= 4 is 0 Å². The van der Waals surface area contributed by atoms with Gasteiger partial charge in [0.1, 0.15) is 5.69 Å². The van der Waals surface area contributed by atoms with Gasteiger partial charge in [0.05, 0.1) is 31.6 Å². The van der Waals surface area contributed by atoms with E-state index in [0.717, 1.165) is 30.5 Å². The highest BCUT2D eigenvalue weighted by Crippen LogP contribution is 2.47. The SMILES string of the molecule is O[C@H]1[C@H](n2cc(-c3ccccc3)nn2)CC[C@]12CC=CCOC2. The van der Waals surface area contributed by atoms with E-state index < -0.39 is 6.10 Å². The molecule has 3 atom stereocenters. The molecule has 4 rings (SSSR count). The van der Waals surface area contributed by atoms with Crippen LogP contribution in [-0.4, -0.2) is 39.4 Å². The van der Waals surface area contributed by atoms with Gasteiger partial charge in [-0.25, -0.2) is 4.68 Å². The van der Waals surface area contributed by atoms with Crippen molar-refractivity contribution in [3.8, 4) is 11.3 Å². The fourth-order valence-electron chi connectivity index (χ4n) is 3.76. The summed E-state index contributed by atoms with van der Waals surface area (Å²) in [4.78, 5) is 0. The Labute approximate surface area is 135 Å². The number of ether oxygens (including phenoxy) is 1. The van der Waals surface area contributed by atoms with E-state index in [1.54, 1.807) is 0 Å². The molecule has 0 bridgehead atoms. The van der Waals surface area contributed by atoms with Crippen LogP contribution in [0.2, 0.25) is 0 Å². The highest BCUT2D eigenvalue weighted by atomic mass is 16.5. The second kappa shape index (κ2) is 5.91. The molecule has 0 radical (unpaired) electrons. The quantitative estimate of drug-likeness (QED) is 0.866.